The molecule has 2 aromatic rings. The van der Waals surface area contributed by atoms with E-state index in [0.29, 0.717) is 0 Å². The maximum atomic E-state index is 11.7. The summed E-state index contributed by atoms with van der Waals surface area (Å²) >= 11 is 1.67. The molecule has 1 aromatic carbocycles. The summed E-state index contributed by atoms with van der Waals surface area (Å²) in [6.45, 7) is 4.16. The molecular weight excluding hydrogens is 282 g/mol. The van der Waals surface area contributed by atoms with Gasteiger partial charge in [-0.2, -0.15) is 0 Å². The van der Waals surface area contributed by atoms with Crippen molar-refractivity contribution in [1.82, 2.24) is 4.98 Å². The first-order valence-corrected chi connectivity index (χ1v) is 8.09. The van der Waals surface area contributed by atoms with Crippen LogP contribution in [0.3, 0.4) is 0 Å². The van der Waals surface area contributed by atoms with Crippen LogP contribution in [0.2, 0.25) is 0 Å². The summed E-state index contributed by atoms with van der Waals surface area (Å²) in [7, 11) is 0. The summed E-state index contributed by atoms with van der Waals surface area (Å²) in [5.41, 5.74) is 4.85. The van der Waals surface area contributed by atoms with E-state index >= 15 is 0 Å². The Morgan fingerprint density at radius 2 is 1.95 bits per heavy atom. The summed E-state index contributed by atoms with van der Waals surface area (Å²) in [6.07, 6.45) is 2.05. The quantitative estimate of drug-likeness (QED) is 0.878. The van der Waals surface area contributed by atoms with Crippen molar-refractivity contribution in [2.75, 3.05) is 10.6 Å². The monoisotopic (exact) mass is 301 g/mol. The predicted molar refractivity (Wildman–Crippen MR) is 86.7 cm³/mol. The van der Waals surface area contributed by atoms with Crippen LogP contribution in [0.25, 0.3) is 0 Å². The number of carbonyl (C=O) groups is 1. The van der Waals surface area contributed by atoms with Gasteiger partial charge in [0.1, 0.15) is 0 Å². The number of rotatable bonds is 5. The molecule has 1 saturated carbocycles. The Balaban J connectivity index is 1.61. The second-order valence-corrected chi connectivity index (χ2v) is 6.40. The lowest BCUT2D eigenvalue weighted by molar-refractivity contribution is -0.117. The molecule has 2 N–H and O–H groups in total. The first kappa shape index (κ1) is 14.1. The summed E-state index contributed by atoms with van der Waals surface area (Å²) < 4.78 is 0. The van der Waals surface area contributed by atoms with Gasteiger partial charge in [0.15, 0.2) is 0 Å². The third kappa shape index (κ3) is 3.42. The minimum absolute atomic E-state index is 0.143. The Hall–Kier alpha value is -1.88. The summed E-state index contributed by atoms with van der Waals surface area (Å²) in [4.78, 5) is 17.2. The van der Waals surface area contributed by atoms with Gasteiger partial charge in [-0.05, 0) is 51.0 Å². The van der Waals surface area contributed by atoms with Crippen molar-refractivity contribution in [3.63, 3.8) is 0 Å². The molecule has 21 heavy (non-hydrogen) atoms. The molecule has 1 aliphatic carbocycles. The van der Waals surface area contributed by atoms with Crippen molar-refractivity contribution in [1.29, 1.82) is 0 Å². The van der Waals surface area contributed by atoms with Crippen LogP contribution in [0.1, 0.15) is 36.4 Å². The number of hydrogen-bond donors (Lipinski definition) is 2. The molecule has 0 aliphatic heterocycles. The van der Waals surface area contributed by atoms with Gasteiger partial charge < -0.3 is 10.6 Å². The molecule has 0 radical (unpaired) electrons. The number of aryl methyl sites for hydroxylation is 1. The van der Waals surface area contributed by atoms with Gasteiger partial charge in [0, 0.05) is 22.2 Å². The number of anilines is 2. The highest BCUT2D eigenvalue weighted by Gasteiger charge is 2.29. The summed E-state index contributed by atoms with van der Waals surface area (Å²) in [6, 6.07) is 8.10. The van der Waals surface area contributed by atoms with Crippen molar-refractivity contribution in [3.8, 4) is 0 Å². The fraction of sp³-hybridized carbons (Fsp3) is 0.375. The molecule has 1 aliphatic rings. The maximum absolute atomic E-state index is 11.7. The lowest BCUT2D eigenvalue weighted by Gasteiger charge is -2.15. The van der Waals surface area contributed by atoms with Gasteiger partial charge in [0.25, 0.3) is 0 Å². The molecule has 1 atom stereocenters. The highest BCUT2D eigenvalue weighted by atomic mass is 32.1. The molecule has 1 aromatic heterocycles. The lowest BCUT2D eigenvalue weighted by Crippen LogP contribution is -2.13. The normalized spacial score (nSPS) is 15.5. The van der Waals surface area contributed by atoms with E-state index in [9.17, 15) is 4.79 Å². The van der Waals surface area contributed by atoms with Crippen LogP contribution in [0, 0.1) is 12.8 Å². The third-order valence-corrected chi connectivity index (χ3v) is 4.77. The van der Waals surface area contributed by atoms with Crippen molar-refractivity contribution >= 4 is 28.6 Å². The Bertz CT molecular complexity index is 631. The van der Waals surface area contributed by atoms with Crippen LogP contribution < -0.4 is 10.6 Å². The minimum atomic E-state index is 0.143. The SMILES string of the molecule is Cc1ncsc1C(C)Nc1ccc(NC(=O)C2CC2)cc1. The molecule has 1 fully saturated rings. The van der Waals surface area contributed by atoms with Crippen molar-refractivity contribution < 1.29 is 4.79 Å². The molecule has 3 rings (SSSR count). The molecule has 5 heteroatoms. The van der Waals surface area contributed by atoms with Gasteiger partial charge in [0.2, 0.25) is 5.91 Å². The average Bonchev–Trinajstić information content (AvgIpc) is 3.23. The van der Waals surface area contributed by atoms with Gasteiger partial charge >= 0.3 is 0 Å². The average molecular weight is 301 g/mol. The van der Waals surface area contributed by atoms with E-state index in [1.165, 1.54) is 4.88 Å². The fourth-order valence-corrected chi connectivity index (χ4v) is 3.09. The molecule has 1 heterocycles. The second-order valence-electron chi connectivity index (χ2n) is 5.51. The second kappa shape index (κ2) is 5.85. The maximum Gasteiger partial charge on any atom is 0.227 e. The van der Waals surface area contributed by atoms with Crippen LogP contribution in [0.15, 0.2) is 29.8 Å². The van der Waals surface area contributed by atoms with E-state index in [2.05, 4.69) is 22.5 Å². The summed E-state index contributed by atoms with van der Waals surface area (Å²) in [5.74, 6) is 0.376. The molecular formula is C16H19N3OS. The number of nitrogens with one attached hydrogen (secondary N) is 2. The van der Waals surface area contributed by atoms with Gasteiger partial charge in [0.05, 0.1) is 17.2 Å². The summed E-state index contributed by atoms with van der Waals surface area (Å²) in [5, 5.41) is 6.40. The van der Waals surface area contributed by atoms with Gasteiger partial charge in [-0.3, -0.25) is 4.79 Å². The molecule has 1 amide bonds. The van der Waals surface area contributed by atoms with Crippen molar-refractivity contribution in [3.05, 3.63) is 40.3 Å². The fourth-order valence-electron chi connectivity index (χ4n) is 2.28. The molecule has 0 spiro atoms. The molecule has 0 saturated heterocycles. The largest absolute Gasteiger partial charge is 0.378 e. The number of hydrogen-bond acceptors (Lipinski definition) is 4. The zero-order valence-corrected chi connectivity index (χ0v) is 13.0. The number of aromatic nitrogens is 1. The zero-order valence-electron chi connectivity index (χ0n) is 12.2. The van der Waals surface area contributed by atoms with Crippen LogP contribution >= 0.6 is 11.3 Å². The predicted octanol–water partition coefficient (Wildman–Crippen LogP) is 3.97. The molecule has 1 unspecified atom stereocenters. The highest BCUT2D eigenvalue weighted by molar-refractivity contribution is 7.09. The van der Waals surface area contributed by atoms with Gasteiger partial charge in [-0.1, -0.05) is 0 Å². The van der Waals surface area contributed by atoms with E-state index in [0.717, 1.165) is 29.9 Å². The Kier molecular flexibility index (Phi) is 3.92. The van der Waals surface area contributed by atoms with E-state index in [1.54, 1.807) is 11.3 Å². The Morgan fingerprint density at radius 1 is 1.29 bits per heavy atom. The zero-order chi connectivity index (χ0) is 14.8. The van der Waals surface area contributed by atoms with E-state index < -0.39 is 0 Å². The molecule has 0 bridgehead atoms. The van der Waals surface area contributed by atoms with Crippen LogP contribution in [0.5, 0.6) is 0 Å². The van der Waals surface area contributed by atoms with Crippen LogP contribution in [0.4, 0.5) is 11.4 Å². The van der Waals surface area contributed by atoms with E-state index in [4.69, 9.17) is 0 Å². The third-order valence-electron chi connectivity index (χ3n) is 3.66. The van der Waals surface area contributed by atoms with E-state index in [1.807, 2.05) is 36.7 Å². The van der Waals surface area contributed by atoms with E-state index in [-0.39, 0.29) is 17.9 Å². The Labute approximate surface area is 128 Å². The number of nitrogens with zero attached hydrogens (tertiary/aromatic N) is 1. The lowest BCUT2D eigenvalue weighted by atomic mass is 10.2. The number of benzene rings is 1. The highest BCUT2D eigenvalue weighted by Crippen LogP contribution is 2.30. The van der Waals surface area contributed by atoms with Gasteiger partial charge in [-0.25, -0.2) is 4.98 Å². The number of carbonyl (C=O) groups excluding carboxylic acids is 1. The van der Waals surface area contributed by atoms with Crippen molar-refractivity contribution in [2.45, 2.75) is 32.7 Å². The van der Waals surface area contributed by atoms with Crippen LogP contribution in [-0.2, 0) is 4.79 Å². The Morgan fingerprint density at radius 3 is 2.52 bits per heavy atom. The number of thiazole rings is 1. The minimum Gasteiger partial charge on any atom is -0.378 e. The first-order chi connectivity index (χ1) is 10.1. The standard InChI is InChI=1S/C16H19N3OS/c1-10-15(21-9-17-10)11(2)18-13-5-7-14(8-6-13)19-16(20)12-3-4-12/h5-9,11-12,18H,3-4H2,1-2H3,(H,19,20). The van der Waals surface area contributed by atoms with Crippen molar-refractivity contribution in [2.24, 2.45) is 5.92 Å². The topological polar surface area (TPSA) is 54.0 Å². The first-order valence-electron chi connectivity index (χ1n) is 7.21. The molecule has 4 nitrogen and oxygen atoms in total. The number of amides is 1. The smallest absolute Gasteiger partial charge is 0.227 e. The van der Waals surface area contributed by atoms with Crippen LogP contribution in [-0.4, -0.2) is 10.9 Å². The van der Waals surface area contributed by atoms with Gasteiger partial charge in [-0.15, -0.1) is 11.3 Å². The molecule has 110 valence electrons.